The number of aryl methyl sites for hydroxylation is 4. The lowest BCUT2D eigenvalue weighted by molar-refractivity contribution is 0.824. The lowest BCUT2D eigenvalue weighted by Crippen LogP contribution is -1.97. The Morgan fingerprint density at radius 2 is 0.383 bits per heavy atom. The van der Waals surface area contributed by atoms with E-state index in [0.29, 0.717) is 0 Å². The Bertz CT molecular complexity index is 7030. The topological polar surface area (TPSA) is 19.7 Å². The van der Waals surface area contributed by atoms with Crippen LogP contribution >= 0.6 is 0 Å². The van der Waals surface area contributed by atoms with E-state index in [0.717, 1.165) is 51.9 Å². The van der Waals surface area contributed by atoms with E-state index in [1.807, 2.05) is 166 Å². The molecule has 4 nitrogen and oxygen atoms in total. The number of hydrogen-bond acceptors (Lipinski definition) is 0. The van der Waals surface area contributed by atoms with E-state index in [1.165, 1.54) is 219 Å². The highest BCUT2D eigenvalue weighted by atomic mass is 15.0. The minimum Gasteiger partial charge on any atom is -0.340 e. The second-order valence-electron chi connectivity index (χ2n) is 28.9. The Morgan fingerprint density at radius 3 is 0.773 bits per heavy atom. The van der Waals surface area contributed by atoms with Crippen LogP contribution in [0.3, 0.4) is 0 Å². The molecular weight excluding hydrogens is 1550 g/mol. The fourth-order valence-electron chi connectivity index (χ4n) is 20.0. The van der Waals surface area contributed by atoms with Gasteiger partial charge >= 0.3 is 0 Å². The van der Waals surface area contributed by atoms with Gasteiger partial charge in [0.1, 0.15) is 0 Å². The van der Waals surface area contributed by atoms with Gasteiger partial charge in [0.25, 0.3) is 0 Å². The van der Waals surface area contributed by atoms with Crippen LogP contribution in [0.2, 0.25) is 0 Å². The molecule has 0 saturated heterocycles. The highest BCUT2D eigenvalue weighted by Gasteiger charge is 2.32. The number of benzene rings is 16. The third-order valence-corrected chi connectivity index (χ3v) is 24.0. The standard InChI is InChI=1S/4C25H19N.12C2H6/c1-2-26-22-14-8-7-13-20(22)24-21-15-16-9-3-4-10-17(16)23(21)18-11-5-6-12-19(18)25(24)26;1-2-26-22-14-8-7-13-20(22)24-19-12-6-5-11-18(19)23-17-10-4-3-9-16(17)15-21(23)25(24)26;1-2-26-22-14-8-7-13-20(22)24-23-17-10-4-3-9-16(17)15-21(23)18-11-5-6-12-19(18)25(24)26;1-2-26-22-14-8-7-13-20(22)24-19-12-6-5-11-18(19)21-15-16-9-3-4-10-17(16)23(21)25(24)26;12*1-2/h4*3-14H,2,15H2,1H3;12*1-2H3. The van der Waals surface area contributed by atoms with Crippen LogP contribution in [0, 0.1) is 0 Å². The van der Waals surface area contributed by atoms with Crippen LogP contribution in [-0.2, 0) is 51.9 Å². The molecule has 4 aromatic heterocycles. The first-order valence-electron chi connectivity index (χ1n) is 49.6. The molecule has 24 rings (SSSR count). The molecule has 0 saturated carbocycles. The van der Waals surface area contributed by atoms with Gasteiger partial charge < -0.3 is 18.3 Å². The molecule has 0 fully saturated rings. The van der Waals surface area contributed by atoms with Crippen molar-refractivity contribution in [3.63, 3.8) is 0 Å². The third kappa shape index (κ3) is 17.5. The summed E-state index contributed by atoms with van der Waals surface area (Å²) >= 11 is 0. The fourth-order valence-corrected chi connectivity index (χ4v) is 20.0. The Labute approximate surface area is 769 Å². The molecule has 0 atom stereocenters. The summed E-state index contributed by atoms with van der Waals surface area (Å²) < 4.78 is 10.0. The number of para-hydroxylation sites is 4. The Kier molecular flexibility index (Phi) is 37.4. The minimum absolute atomic E-state index is 0.981. The van der Waals surface area contributed by atoms with Gasteiger partial charge in [-0.2, -0.15) is 0 Å². The molecular formula is C124H148N4. The van der Waals surface area contributed by atoms with Crippen molar-refractivity contribution in [3.05, 3.63) is 336 Å². The highest BCUT2D eigenvalue weighted by Crippen LogP contribution is 2.54. The molecule has 128 heavy (non-hydrogen) atoms. The number of rotatable bonds is 4. The van der Waals surface area contributed by atoms with Gasteiger partial charge in [-0.25, -0.2) is 0 Å². The largest absolute Gasteiger partial charge is 0.340 e. The molecule has 0 aliphatic heterocycles. The molecule has 20 aromatic rings. The zero-order chi connectivity index (χ0) is 93.0. The zero-order valence-electron chi connectivity index (χ0n) is 83.2. The van der Waals surface area contributed by atoms with Crippen molar-refractivity contribution in [2.75, 3.05) is 0 Å². The van der Waals surface area contributed by atoms with E-state index < -0.39 is 0 Å². The summed E-state index contributed by atoms with van der Waals surface area (Å²) in [5, 5.41) is 22.3. The second kappa shape index (κ2) is 48.1. The average Bonchev–Trinajstić information content (AvgIpc) is 1.56. The summed E-state index contributed by atoms with van der Waals surface area (Å²) in [6.45, 7) is 61.0. The van der Waals surface area contributed by atoms with Gasteiger partial charge in [-0.3, -0.25) is 0 Å². The second-order valence-corrected chi connectivity index (χ2v) is 28.9. The molecule has 4 heterocycles. The summed E-state index contributed by atoms with van der Waals surface area (Å²) in [5.74, 6) is 0. The first-order chi connectivity index (χ1) is 63.5. The highest BCUT2D eigenvalue weighted by molar-refractivity contribution is 6.30. The van der Waals surface area contributed by atoms with Crippen molar-refractivity contribution in [1.29, 1.82) is 0 Å². The predicted molar refractivity (Wildman–Crippen MR) is 580 cm³/mol. The molecule has 0 N–H and O–H groups in total. The van der Waals surface area contributed by atoms with Crippen molar-refractivity contribution in [2.45, 2.75) is 246 Å². The molecule has 0 radical (unpaired) electrons. The number of fused-ring (bicyclic) bond motifs is 40. The smallest absolute Gasteiger partial charge is 0.0580 e. The van der Waals surface area contributed by atoms with Gasteiger partial charge in [-0.1, -0.05) is 433 Å². The van der Waals surface area contributed by atoms with Crippen molar-refractivity contribution in [2.24, 2.45) is 0 Å². The quantitative estimate of drug-likeness (QED) is 0.167. The van der Waals surface area contributed by atoms with Crippen LogP contribution in [0.5, 0.6) is 0 Å². The summed E-state index contributed by atoms with van der Waals surface area (Å²) in [7, 11) is 0. The molecule has 16 aromatic carbocycles. The van der Waals surface area contributed by atoms with E-state index in [-0.39, 0.29) is 0 Å². The fraction of sp³-hybridized carbons (Fsp3) is 0.290. The van der Waals surface area contributed by atoms with E-state index in [9.17, 15) is 0 Å². The van der Waals surface area contributed by atoms with E-state index in [2.05, 4.69) is 337 Å². The normalized spacial score (nSPS) is 11.0. The van der Waals surface area contributed by atoms with Crippen molar-refractivity contribution in [3.8, 4) is 44.5 Å². The number of hydrogen-bond donors (Lipinski definition) is 0. The summed E-state index contributed by atoms with van der Waals surface area (Å²) in [6, 6.07) is 107. The summed E-state index contributed by atoms with van der Waals surface area (Å²) in [6.07, 6.45) is 4.13. The van der Waals surface area contributed by atoms with Crippen LogP contribution in [0.25, 0.3) is 175 Å². The molecule has 4 aliphatic carbocycles. The van der Waals surface area contributed by atoms with Gasteiger partial charge in [0, 0.05) is 114 Å². The monoisotopic (exact) mass is 1690 g/mol. The van der Waals surface area contributed by atoms with Crippen molar-refractivity contribution < 1.29 is 0 Å². The maximum Gasteiger partial charge on any atom is 0.0580 e. The zero-order valence-corrected chi connectivity index (χ0v) is 83.2. The first kappa shape index (κ1) is 99.5. The van der Waals surface area contributed by atoms with Crippen LogP contribution in [0.1, 0.15) is 238 Å². The molecule has 0 bridgehead atoms. The first-order valence-corrected chi connectivity index (χ1v) is 49.6. The van der Waals surface area contributed by atoms with Gasteiger partial charge in [0.15, 0.2) is 0 Å². The van der Waals surface area contributed by atoms with Crippen molar-refractivity contribution in [1.82, 2.24) is 18.3 Å². The molecule has 4 heteroatoms. The lowest BCUT2D eigenvalue weighted by Gasteiger charge is -2.12. The maximum atomic E-state index is 2.52. The predicted octanol–water partition coefficient (Wildman–Crippen LogP) is 38.5. The van der Waals surface area contributed by atoms with Crippen molar-refractivity contribution >= 4 is 130 Å². The third-order valence-electron chi connectivity index (χ3n) is 24.0. The van der Waals surface area contributed by atoms with Crippen LogP contribution in [0.4, 0.5) is 0 Å². The Morgan fingerprint density at radius 1 is 0.164 bits per heavy atom. The maximum absolute atomic E-state index is 2.52. The number of aromatic nitrogens is 4. The molecule has 0 spiro atoms. The minimum atomic E-state index is 0.981. The van der Waals surface area contributed by atoms with Crippen LogP contribution in [0.15, 0.2) is 291 Å². The van der Waals surface area contributed by atoms with Gasteiger partial charge in [-0.15, -0.1) is 0 Å². The summed E-state index contributed by atoms with van der Waals surface area (Å²) in [4.78, 5) is 0. The molecule has 664 valence electrons. The Balaban J connectivity index is 0.000000178. The average molecular weight is 1690 g/mol. The molecule has 4 aliphatic rings. The summed E-state index contributed by atoms with van der Waals surface area (Å²) in [5.41, 5.74) is 34.2. The molecule has 0 amide bonds. The Hall–Kier alpha value is -12.2. The van der Waals surface area contributed by atoms with E-state index in [4.69, 9.17) is 0 Å². The van der Waals surface area contributed by atoms with E-state index in [1.54, 1.807) is 0 Å². The molecule has 0 unspecified atom stereocenters. The lowest BCUT2D eigenvalue weighted by atomic mass is 9.93. The van der Waals surface area contributed by atoms with Gasteiger partial charge in [0.05, 0.1) is 22.1 Å². The number of nitrogens with zero attached hydrogens (tertiary/aromatic N) is 4. The van der Waals surface area contributed by atoms with Crippen LogP contribution in [-0.4, -0.2) is 18.3 Å². The van der Waals surface area contributed by atoms with Crippen LogP contribution < -0.4 is 0 Å². The van der Waals surface area contributed by atoms with Gasteiger partial charge in [-0.05, 0) is 187 Å². The van der Waals surface area contributed by atoms with Gasteiger partial charge in [0.2, 0.25) is 0 Å². The SMILES string of the molecule is CC.CC.CC.CC.CC.CC.CC.CC.CC.CC.CC.CC.CCn1c2ccccc2c2c3c(c4ccccc4c21)-c1ccccc1C3.CCn1c2ccccc2c2c3c(c4ccccc4c21)Cc1ccccc1-3.CCn1c2ccccc2c2c3ccccc3c3c(c21)-c1ccccc1C3.CCn1c2ccccc2c2c3ccccc3c3c(c21)Cc1ccccc1-3. The van der Waals surface area contributed by atoms with E-state index >= 15 is 0 Å².